The number of hydrazine groups is 1. The number of aromatic nitrogens is 3. The van der Waals surface area contributed by atoms with Gasteiger partial charge in [-0.2, -0.15) is 0 Å². The van der Waals surface area contributed by atoms with E-state index in [2.05, 4.69) is 52.0 Å². The number of nitrogens with zero attached hydrogens (tertiary/aromatic N) is 3. The molecule has 3 N–H and O–H groups in total. The minimum absolute atomic E-state index is 0.117. The van der Waals surface area contributed by atoms with E-state index < -0.39 is 0 Å². The molecule has 0 amide bonds. The highest BCUT2D eigenvalue weighted by Gasteiger charge is 2.22. The molecule has 0 aliphatic carbocycles. The minimum Gasteiger partial charge on any atom is -0.271 e. The summed E-state index contributed by atoms with van der Waals surface area (Å²) in [6, 6.07) is 10.1. The van der Waals surface area contributed by atoms with Crippen LogP contribution in [0.25, 0.3) is 10.9 Å². The van der Waals surface area contributed by atoms with Crippen LogP contribution in [0.1, 0.15) is 41.9 Å². The average Bonchev–Trinajstić information content (AvgIpc) is 2.97. The zero-order chi connectivity index (χ0) is 14.8. The smallest absolute Gasteiger partial charge is 0.0838 e. The van der Waals surface area contributed by atoms with Gasteiger partial charge in [-0.05, 0) is 35.1 Å². The molecule has 3 rings (SSSR count). The van der Waals surface area contributed by atoms with Crippen molar-refractivity contribution in [3.05, 3.63) is 52.7 Å². The van der Waals surface area contributed by atoms with Crippen molar-refractivity contribution in [2.24, 2.45) is 5.84 Å². The van der Waals surface area contributed by atoms with Crippen molar-refractivity contribution in [1.29, 1.82) is 0 Å². The molecule has 3 aromatic rings. The first-order valence-corrected chi connectivity index (χ1v) is 7.61. The Morgan fingerprint density at radius 2 is 2.10 bits per heavy atom. The maximum Gasteiger partial charge on any atom is 0.0838 e. The molecule has 2 aromatic heterocycles. The van der Waals surface area contributed by atoms with Gasteiger partial charge in [0.05, 0.1) is 22.1 Å². The second-order valence-corrected chi connectivity index (χ2v) is 6.02. The third kappa shape index (κ3) is 2.65. The van der Waals surface area contributed by atoms with Gasteiger partial charge in [-0.3, -0.25) is 10.8 Å². The molecular weight excluding hydrogens is 282 g/mol. The van der Waals surface area contributed by atoms with E-state index in [1.807, 2.05) is 12.1 Å². The molecule has 0 saturated carbocycles. The van der Waals surface area contributed by atoms with Crippen LogP contribution in [0.4, 0.5) is 0 Å². The number of fused-ring (bicyclic) bond motifs is 1. The van der Waals surface area contributed by atoms with E-state index >= 15 is 0 Å². The van der Waals surface area contributed by atoms with E-state index in [1.54, 1.807) is 6.20 Å². The fourth-order valence-electron chi connectivity index (χ4n) is 2.39. The van der Waals surface area contributed by atoms with Gasteiger partial charge in [-0.25, -0.2) is 5.43 Å². The summed E-state index contributed by atoms with van der Waals surface area (Å²) in [6.45, 7) is 4.21. The predicted molar refractivity (Wildman–Crippen MR) is 84.9 cm³/mol. The summed E-state index contributed by atoms with van der Waals surface area (Å²) in [6.07, 6.45) is 1.80. The Balaban J connectivity index is 2.07. The lowest BCUT2D eigenvalue weighted by atomic mass is 9.99. The van der Waals surface area contributed by atoms with Crippen LogP contribution >= 0.6 is 11.5 Å². The molecule has 1 unspecified atom stereocenters. The van der Waals surface area contributed by atoms with E-state index in [1.165, 1.54) is 11.5 Å². The zero-order valence-electron chi connectivity index (χ0n) is 11.9. The van der Waals surface area contributed by atoms with Gasteiger partial charge in [0.2, 0.25) is 0 Å². The lowest BCUT2D eigenvalue weighted by Gasteiger charge is -2.17. The molecule has 108 valence electrons. The van der Waals surface area contributed by atoms with Crippen LogP contribution in [0.15, 0.2) is 36.5 Å². The van der Waals surface area contributed by atoms with Gasteiger partial charge in [-0.15, -0.1) is 5.10 Å². The standard InChI is InChI=1S/C15H17N5S/c1-9(2)13-15(21-20-19-13)14(18-16)11-6-5-10-4-3-7-17-12(10)8-11/h3-9,14,18H,16H2,1-2H3. The first-order chi connectivity index (χ1) is 10.2. The molecule has 21 heavy (non-hydrogen) atoms. The summed E-state index contributed by atoms with van der Waals surface area (Å²) in [5.41, 5.74) is 5.90. The molecule has 1 atom stereocenters. The van der Waals surface area contributed by atoms with Gasteiger partial charge >= 0.3 is 0 Å². The van der Waals surface area contributed by atoms with Gasteiger partial charge in [0.25, 0.3) is 0 Å². The summed E-state index contributed by atoms with van der Waals surface area (Å²) in [7, 11) is 0. The molecule has 1 aromatic carbocycles. The number of pyridine rings is 1. The number of rotatable bonds is 4. The highest BCUT2D eigenvalue weighted by molar-refractivity contribution is 7.05. The molecule has 0 aliphatic rings. The third-order valence-electron chi connectivity index (χ3n) is 3.48. The van der Waals surface area contributed by atoms with Crippen molar-refractivity contribution in [2.75, 3.05) is 0 Å². The Labute approximate surface area is 127 Å². The van der Waals surface area contributed by atoms with Crippen molar-refractivity contribution < 1.29 is 0 Å². The summed E-state index contributed by atoms with van der Waals surface area (Å²) >= 11 is 1.39. The third-order valence-corrected chi connectivity index (χ3v) is 4.28. The van der Waals surface area contributed by atoms with Gasteiger partial charge in [0.1, 0.15) is 0 Å². The van der Waals surface area contributed by atoms with Crippen molar-refractivity contribution in [2.45, 2.75) is 25.8 Å². The molecule has 0 spiro atoms. The van der Waals surface area contributed by atoms with Crippen molar-refractivity contribution in [1.82, 2.24) is 20.0 Å². The summed E-state index contributed by atoms with van der Waals surface area (Å²) in [5.74, 6) is 6.10. The Morgan fingerprint density at radius 3 is 2.86 bits per heavy atom. The number of nitrogens with two attached hydrogens (primary N) is 1. The first-order valence-electron chi connectivity index (χ1n) is 6.83. The zero-order valence-corrected chi connectivity index (χ0v) is 12.8. The van der Waals surface area contributed by atoms with Crippen LogP contribution in [0.3, 0.4) is 0 Å². The van der Waals surface area contributed by atoms with Crippen molar-refractivity contribution >= 4 is 22.4 Å². The van der Waals surface area contributed by atoms with Crippen LogP contribution in [0.5, 0.6) is 0 Å². The quantitative estimate of drug-likeness (QED) is 0.572. The number of hydrogen-bond donors (Lipinski definition) is 2. The fraction of sp³-hybridized carbons (Fsp3) is 0.267. The van der Waals surface area contributed by atoms with Crippen LogP contribution in [0.2, 0.25) is 0 Å². The molecule has 6 heteroatoms. The monoisotopic (exact) mass is 299 g/mol. The minimum atomic E-state index is -0.117. The topological polar surface area (TPSA) is 76.7 Å². The lowest BCUT2D eigenvalue weighted by molar-refractivity contribution is 0.632. The molecule has 0 saturated heterocycles. The van der Waals surface area contributed by atoms with E-state index in [0.717, 1.165) is 27.0 Å². The van der Waals surface area contributed by atoms with E-state index in [-0.39, 0.29) is 6.04 Å². The number of benzene rings is 1. The predicted octanol–water partition coefficient (Wildman–Crippen LogP) is 2.76. The molecule has 0 fully saturated rings. The molecule has 0 bridgehead atoms. The van der Waals surface area contributed by atoms with Gasteiger partial charge in [0, 0.05) is 11.6 Å². The normalized spacial score (nSPS) is 13.0. The lowest BCUT2D eigenvalue weighted by Crippen LogP contribution is -2.29. The van der Waals surface area contributed by atoms with Gasteiger partial charge < -0.3 is 0 Å². The van der Waals surface area contributed by atoms with E-state index in [9.17, 15) is 0 Å². The number of nitrogens with one attached hydrogen (secondary N) is 1. The summed E-state index contributed by atoms with van der Waals surface area (Å²) < 4.78 is 4.08. The molecule has 0 radical (unpaired) electrons. The van der Waals surface area contributed by atoms with Crippen molar-refractivity contribution in [3.63, 3.8) is 0 Å². The largest absolute Gasteiger partial charge is 0.271 e. The van der Waals surface area contributed by atoms with Gasteiger partial charge in [-0.1, -0.05) is 36.5 Å². The Hall–Kier alpha value is -1.89. The first kappa shape index (κ1) is 14.1. The summed E-state index contributed by atoms with van der Waals surface area (Å²) in [4.78, 5) is 5.46. The SMILES string of the molecule is CC(C)c1nnsc1C(NN)c1ccc2cccnc2c1. The Kier molecular flexibility index (Phi) is 3.92. The van der Waals surface area contributed by atoms with E-state index in [4.69, 9.17) is 5.84 Å². The fourth-order valence-corrected chi connectivity index (χ4v) is 3.29. The van der Waals surface area contributed by atoms with Gasteiger partial charge in [0.15, 0.2) is 0 Å². The maximum absolute atomic E-state index is 5.79. The van der Waals surface area contributed by atoms with Crippen LogP contribution in [0, 0.1) is 0 Å². The molecular formula is C15H17N5S. The average molecular weight is 299 g/mol. The van der Waals surface area contributed by atoms with Crippen molar-refractivity contribution in [3.8, 4) is 0 Å². The Bertz CT molecular complexity index is 752. The summed E-state index contributed by atoms with van der Waals surface area (Å²) in [5, 5.41) is 5.34. The second-order valence-electron chi connectivity index (χ2n) is 5.23. The maximum atomic E-state index is 5.79. The molecule has 2 heterocycles. The van der Waals surface area contributed by atoms with E-state index in [0.29, 0.717) is 5.92 Å². The molecule has 5 nitrogen and oxygen atoms in total. The van der Waals surface area contributed by atoms with Crippen LogP contribution in [-0.2, 0) is 0 Å². The number of hydrogen-bond acceptors (Lipinski definition) is 6. The second kappa shape index (κ2) is 5.85. The highest BCUT2D eigenvalue weighted by Crippen LogP contribution is 2.31. The Morgan fingerprint density at radius 1 is 1.24 bits per heavy atom. The van der Waals surface area contributed by atoms with Crippen LogP contribution < -0.4 is 11.3 Å². The highest BCUT2D eigenvalue weighted by atomic mass is 32.1. The molecule has 0 aliphatic heterocycles. The van der Waals surface area contributed by atoms with Crippen LogP contribution in [-0.4, -0.2) is 14.6 Å².